The van der Waals surface area contributed by atoms with Crippen molar-refractivity contribution in [2.75, 3.05) is 11.1 Å². The highest BCUT2D eigenvalue weighted by Crippen LogP contribution is 2.25. The molecule has 0 radical (unpaired) electrons. The summed E-state index contributed by atoms with van der Waals surface area (Å²) in [6, 6.07) is 5.39. The van der Waals surface area contributed by atoms with Crippen LogP contribution < -0.4 is 11.1 Å². The van der Waals surface area contributed by atoms with Gasteiger partial charge in [0.15, 0.2) is 0 Å². The van der Waals surface area contributed by atoms with Gasteiger partial charge in [0, 0.05) is 0 Å². The zero-order valence-corrected chi connectivity index (χ0v) is 9.53. The van der Waals surface area contributed by atoms with Crippen LogP contribution >= 0.6 is 11.6 Å². The van der Waals surface area contributed by atoms with Crippen molar-refractivity contribution < 1.29 is 4.42 Å². The first-order valence-corrected chi connectivity index (χ1v) is 5.25. The number of hydrogen-bond donors (Lipinski definition) is 2. The van der Waals surface area contributed by atoms with E-state index in [2.05, 4.69) is 10.3 Å². The summed E-state index contributed by atoms with van der Waals surface area (Å²) in [6.45, 7) is 1.97. The molecule has 2 aromatic heterocycles. The third-order valence-corrected chi connectivity index (χ3v) is 2.47. The summed E-state index contributed by atoms with van der Waals surface area (Å²) in [5.41, 5.74) is 6.10. The molecule has 5 heteroatoms. The number of nitrogen functional groups attached to an aromatic ring is 1. The fourth-order valence-electron chi connectivity index (χ4n) is 1.37. The number of halogens is 1. The monoisotopic (exact) mass is 237 g/mol. The number of rotatable bonds is 3. The second-order valence-corrected chi connectivity index (χ2v) is 3.89. The van der Waals surface area contributed by atoms with Crippen molar-refractivity contribution in [3.63, 3.8) is 0 Å². The molecule has 0 saturated heterocycles. The minimum Gasteiger partial charge on any atom is -0.467 e. The van der Waals surface area contributed by atoms with Crippen molar-refractivity contribution >= 4 is 23.1 Å². The molecule has 0 bridgehead atoms. The zero-order valence-electron chi connectivity index (χ0n) is 8.77. The summed E-state index contributed by atoms with van der Waals surface area (Å²) in [5.74, 6) is 1.43. The van der Waals surface area contributed by atoms with Crippen LogP contribution in [0.25, 0.3) is 0 Å². The van der Waals surface area contributed by atoms with Gasteiger partial charge in [0.25, 0.3) is 0 Å². The van der Waals surface area contributed by atoms with Crippen LogP contribution in [0.5, 0.6) is 0 Å². The molecule has 1 atom stereocenters. The first kappa shape index (κ1) is 10.8. The van der Waals surface area contributed by atoms with Crippen LogP contribution in [0.15, 0.2) is 35.1 Å². The Morgan fingerprint density at radius 3 is 3.00 bits per heavy atom. The second-order valence-electron chi connectivity index (χ2n) is 3.48. The number of aromatic nitrogens is 1. The van der Waals surface area contributed by atoms with Crippen molar-refractivity contribution in [2.45, 2.75) is 13.0 Å². The SMILES string of the molecule is CC(Nc1ncc(N)cc1Cl)c1ccco1. The van der Waals surface area contributed by atoms with Crippen LogP contribution in [0.2, 0.25) is 5.02 Å². The summed E-state index contributed by atoms with van der Waals surface area (Å²) in [4.78, 5) is 4.12. The van der Waals surface area contributed by atoms with Gasteiger partial charge in [-0.15, -0.1) is 0 Å². The van der Waals surface area contributed by atoms with Crippen LogP contribution in [-0.4, -0.2) is 4.98 Å². The Hall–Kier alpha value is -1.68. The average Bonchev–Trinajstić information content (AvgIpc) is 2.75. The van der Waals surface area contributed by atoms with Crippen molar-refractivity contribution in [1.29, 1.82) is 0 Å². The van der Waals surface area contributed by atoms with Crippen LogP contribution in [-0.2, 0) is 0 Å². The normalized spacial score (nSPS) is 12.4. The molecular formula is C11H12ClN3O. The van der Waals surface area contributed by atoms with Crippen molar-refractivity contribution in [2.24, 2.45) is 0 Å². The van der Waals surface area contributed by atoms with Crippen LogP contribution in [0, 0.1) is 0 Å². The number of nitrogens with one attached hydrogen (secondary N) is 1. The van der Waals surface area contributed by atoms with Gasteiger partial charge in [-0.25, -0.2) is 4.98 Å². The van der Waals surface area contributed by atoms with E-state index >= 15 is 0 Å². The Morgan fingerprint density at radius 1 is 1.56 bits per heavy atom. The lowest BCUT2D eigenvalue weighted by Crippen LogP contribution is -2.07. The number of hydrogen-bond acceptors (Lipinski definition) is 4. The van der Waals surface area contributed by atoms with Crippen LogP contribution in [0.3, 0.4) is 0 Å². The molecule has 0 aliphatic heterocycles. The average molecular weight is 238 g/mol. The van der Waals surface area contributed by atoms with Gasteiger partial charge in [-0.3, -0.25) is 0 Å². The van der Waals surface area contributed by atoms with E-state index in [1.54, 1.807) is 18.5 Å². The summed E-state index contributed by atoms with van der Waals surface area (Å²) in [7, 11) is 0. The van der Waals surface area contributed by atoms with Gasteiger partial charge in [-0.1, -0.05) is 11.6 Å². The smallest absolute Gasteiger partial charge is 0.145 e. The van der Waals surface area contributed by atoms with Crippen molar-refractivity contribution in [3.05, 3.63) is 41.4 Å². The highest BCUT2D eigenvalue weighted by molar-refractivity contribution is 6.33. The van der Waals surface area contributed by atoms with E-state index in [0.717, 1.165) is 5.76 Å². The molecule has 2 heterocycles. The predicted octanol–water partition coefficient (Wildman–Crippen LogP) is 3.08. The van der Waals surface area contributed by atoms with Crippen molar-refractivity contribution in [1.82, 2.24) is 4.98 Å². The highest BCUT2D eigenvalue weighted by Gasteiger charge is 2.10. The first-order valence-electron chi connectivity index (χ1n) is 4.88. The summed E-state index contributed by atoms with van der Waals surface area (Å²) >= 11 is 6.00. The van der Waals surface area contributed by atoms with E-state index in [1.165, 1.54) is 0 Å². The Kier molecular flexibility index (Phi) is 3.01. The lowest BCUT2D eigenvalue weighted by Gasteiger charge is -2.13. The molecule has 1 unspecified atom stereocenters. The lowest BCUT2D eigenvalue weighted by molar-refractivity contribution is 0.490. The minimum atomic E-state index is 0.00336. The van der Waals surface area contributed by atoms with E-state index in [1.807, 2.05) is 19.1 Å². The molecule has 2 aromatic rings. The second kappa shape index (κ2) is 4.45. The van der Waals surface area contributed by atoms with E-state index < -0.39 is 0 Å². The Bertz CT molecular complexity index is 470. The maximum Gasteiger partial charge on any atom is 0.145 e. The van der Waals surface area contributed by atoms with Gasteiger partial charge in [0.1, 0.15) is 11.6 Å². The fourth-order valence-corrected chi connectivity index (χ4v) is 1.60. The van der Waals surface area contributed by atoms with Gasteiger partial charge in [0.2, 0.25) is 0 Å². The quantitative estimate of drug-likeness (QED) is 0.861. The van der Waals surface area contributed by atoms with E-state index in [9.17, 15) is 0 Å². The molecule has 0 saturated carbocycles. The van der Waals surface area contributed by atoms with E-state index in [-0.39, 0.29) is 6.04 Å². The van der Waals surface area contributed by atoms with E-state index in [4.69, 9.17) is 21.8 Å². The topological polar surface area (TPSA) is 64.1 Å². The molecule has 0 aliphatic rings. The molecular weight excluding hydrogens is 226 g/mol. The Morgan fingerprint density at radius 2 is 2.38 bits per heavy atom. The third-order valence-electron chi connectivity index (χ3n) is 2.19. The largest absolute Gasteiger partial charge is 0.467 e. The van der Waals surface area contributed by atoms with Crippen LogP contribution in [0.4, 0.5) is 11.5 Å². The molecule has 0 fully saturated rings. The molecule has 16 heavy (non-hydrogen) atoms. The van der Waals surface area contributed by atoms with Gasteiger partial charge in [-0.2, -0.15) is 0 Å². The number of anilines is 2. The lowest BCUT2D eigenvalue weighted by atomic mass is 10.2. The Labute approximate surface area is 98.4 Å². The number of furan rings is 1. The van der Waals surface area contributed by atoms with Gasteiger partial charge in [-0.05, 0) is 25.1 Å². The van der Waals surface area contributed by atoms with Gasteiger partial charge < -0.3 is 15.5 Å². The maximum absolute atomic E-state index is 6.00. The molecule has 84 valence electrons. The predicted molar refractivity (Wildman–Crippen MR) is 64.4 cm³/mol. The summed E-state index contributed by atoms with van der Waals surface area (Å²) in [5, 5.41) is 3.65. The standard InChI is InChI=1S/C11H12ClN3O/c1-7(10-3-2-4-16-10)15-11-9(12)5-8(13)6-14-11/h2-7H,13H2,1H3,(H,14,15). The Balaban J connectivity index is 2.15. The molecule has 0 aliphatic carbocycles. The van der Waals surface area contributed by atoms with E-state index in [0.29, 0.717) is 16.5 Å². The summed E-state index contributed by atoms with van der Waals surface area (Å²) < 4.78 is 5.27. The summed E-state index contributed by atoms with van der Waals surface area (Å²) in [6.07, 6.45) is 3.19. The number of pyridine rings is 1. The third kappa shape index (κ3) is 2.28. The fraction of sp³-hybridized carbons (Fsp3) is 0.182. The zero-order chi connectivity index (χ0) is 11.5. The van der Waals surface area contributed by atoms with Crippen molar-refractivity contribution in [3.8, 4) is 0 Å². The van der Waals surface area contributed by atoms with Crippen LogP contribution in [0.1, 0.15) is 18.7 Å². The number of nitrogens with zero attached hydrogens (tertiary/aromatic N) is 1. The first-order chi connectivity index (χ1) is 7.66. The van der Waals surface area contributed by atoms with Gasteiger partial charge >= 0.3 is 0 Å². The number of nitrogens with two attached hydrogens (primary N) is 1. The maximum atomic E-state index is 6.00. The highest BCUT2D eigenvalue weighted by atomic mass is 35.5. The molecule has 0 aromatic carbocycles. The minimum absolute atomic E-state index is 0.00336. The molecule has 2 rings (SSSR count). The molecule has 0 amide bonds. The van der Waals surface area contributed by atoms with Gasteiger partial charge in [0.05, 0.1) is 29.2 Å². The molecule has 0 spiro atoms. The molecule has 4 nitrogen and oxygen atoms in total. The molecule has 3 N–H and O–H groups in total.